The van der Waals surface area contributed by atoms with E-state index in [2.05, 4.69) is 9.97 Å². The molecule has 3 rings (SSSR count). The van der Waals surface area contributed by atoms with Gasteiger partial charge in [0.15, 0.2) is 0 Å². The van der Waals surface area contributed by atoms with Crippen LogP contribution in [0.4, 0.5) is 0 Å². The highest BCUT2D eigenvalue weighted by Crippen LogP contribution is 2.28. The first-order chi connectivity index (χ1) is 10.6. The minimum absolute atomic E-state index is 0.762. The zero-order chi connectivity index (χ0) is 15.5. The Morgan fingerprint density at radius 3 is 2.91 bits per heavy atom. The molecule has 0 aliphatic heterocycles. The second-order valence-corrected chi connectivity index (χ2v) is 5.21. The van der Waals surface area contributed by atoms with Crippen molar-refractivity contribution in [2.75, 3.05) is 0 Å². The molecule has 4 heteroatoms. The highest BCUT2D eigenvalue weighted by molar-refractivity contribution is 5.95. The Morgan fingerprint density at radius 2 is 2.18 bits per heavy atom. The zero-order valence-electron chi connectivity index (χ0n) is 12.2. The summed E-state index contributed by atoms with van der Waals surface area (Å²) in [5, 5.41) is 9.92. The van der Waals surface area contributed by atoms with Gasteiger partial charge >= 0.3 is 5.97 Å². The average molecular weight is 292 g/mol. The number of rotatable bonds is 4. The van der Waals surface area contributed by atoms with E-state index in [9.17, 15) is 4.79 Å². The van der Waals surface area contributed by atoms with E-state index in [0.717, 1.165) is 34.1 Å². The second-order valence-electron chi connectivity index (χ2n) is 5.21. The van der Waals surface area contributed by atoms with Gasteiger partial charge in [-0.25, -0.2) is 4.79 Å². The highest BCUT2D eigenvalue weighted by atomic mass is 16.4. The minimum Gasteiger partial charge on any atom is -0.478 e. The fourth-order valence-electron chi connectivity index (χ4n) is 2.70. The molecule has 3 aromatic rings. The summed E-state index contributed by atoms with van der Waals surface area (Å²) >= 11 is 0. The van der Waals surface area contributed by atoms with Gasteiger partial charge in [0.25, 0.3) is 0 Å². The smallest absolute Gasteiger partial charge is 0.328 e. The van der Waals surface area contributed by atoms with Crippen molar-refractivity contribution in [3.8, 4) is 0 Å². The summed E-state index contributed by atoms with van der Waals surface area (Å²) < 4.78 is 0. The number of nitrogens with zero attached hydrogens (tertiary/aromatic N) is 1. The molecule has 0 aliphatic carbocycles. The Bertz CT molecular complexity index is 848. The fourth-order valence-corrected chi connectivity index (χ4v) is 2.70. The van der Waals surface area contributed by atoms with Crippen LogP contribution in [0.1, 0.15) is 22.4 Å². The molecule has 1 aromatic carbocycles. The minimum atomic E-state index is -0.946. The van der Waals surface area contributed by atoms with E-state index in [1.807, 2.05) is 43.5 Å². The van der Waals surface area contributed by atoms with Crippen LogP contribution in [0.5, 0.6) is 0 Å². The molecule has 0 fully saturated rings. The highest BCUT2D eigenvalue weighted by Gasteiger charge is 2.12. The third kappa shape index (κ3) is 2.76. The van der Waals surface area contributed by atoms with Gasteiger partial charge in [-0.05, 0) is 41.8 Å². The summed E-state index contributed by atoms with van der Waals surface area (Å²) in [6, 6.07) is 9.83. The number of pyridine rings is 1. The van der Waals surface area contributed by atoms with Gasteiger partial charge in [-0.1, -0.05) is 18.2 Å². The lowest BCUT2D eigenvalue weighted by molar-refractivity contribution is -0.131. The normalized spacial score (nSPS) is 11.3. The van der Waals surface area contributed by atoms with Crippen molar-refractivity contribution >= 4 is 22.9 Å². The number of aliphatic carboxylic acids is 1. The number of aryl methyl sites for hydroxylation is 1. The molecule has 0 atom stereocenters. The first-order valence-corrected chi connectivity index (χ1v) is 7.05. The molecule has 2 heterocycles. The number of aromatic amines is 1. The monoisotopic (exact) mass is 292 g/mol. The molecule has 0 bridgehead atoms. The third-order valence-electron chi connectivity index (χ3n) is 3.68. The van der Waals surface area contributed by atoms with Crippen LogP contribution in [0, 0.1) is 6.92 Å². The zero-order valence-corrected chi connectivity index (χ0v) is 12.2. The fraction of sp³-hybridized carbons (Fsp3) is 0.111. The van der Waals surface area contributed by atoms with Crippen molar-refractivity contribution in [1.82, 2.24) is 9.97 Å². The van der Waals surface area contributed by atoms with Crippen molar-refractivity contribution in [2.45, 2.75) is 13.3 Å². The molecule has 0 aliphatic rings. The van der Waals surface area contributed by atoms with Crippen LogP contribution in [0.15, 0.2) is 48.8 Å². The third-order valence-corrected chi connectivity index (χ3v) is 3.68. The van der Waals surface area contributed by atoms with Crippen LogP contribution < -0.4 is 0 Å². The van der Waals surface area contributed by atoms with Gasteiger partial charge < -0.3 is 10.1 Å². The number of fused-ring (bicyclic) bond motifs is 1. The van der Waals surface area contributed by atoms with E-state index in [4.69, 9.17) is 5.11 Å². The van der Waals surface area contributed by atoms with E-state index >= 15 is 0 Å². The summed E-state index contributed by atoms with van der Waals surface area (Å²) in [4.78, 5) is 18.3. The number of benzene rings is 1. The number of carboxylic acids is 1. The predicted octanol–water partition coefficient (Wildman–Crippen LogP) is 3.56. The first-order valence-electron chi connectivity index (χ1n) is 7.05. The van der Waals surface area contributed by atoms with E-state index < -0.39 is 5.97 Å². The molecule has 0 unspecified atom stereocenters. The SMILES string of the molecule is Cc1[nH]c2cccc(/C=C/C(=O)O)c2c1Cc1cccnc1. The largest absolute Gasteiger partial charge is 0.478 e. The number of hydrogen-bond acceptors (Lipinski definition) is 2. The molecule has 0 saturated heterocycles. The van der Waals surface area contributed by atoms with Crippen LogP contribution in [0.3, 0.4) is 0 Å². The molecule has 2 aromatic heterocycles. The maximum absolute atomic E-state index is 10.8. The van der Waals surface area contributed by atoms with Crippen LogP contribution in [0.2, 0.25) is 0 Å². The lowest BCUT2D eigenvalue weighted by Crippen LogP contribution is -1.92. The van der Waals surface area contributed by atoms with E-state index in [1.54, 1.807) is 12.3 Å². The molecular weight excluding hydrogens is 276 g/mol. The molecule has 110 valence electrons. The number of aromatic nitrogens is 2. The van der Waals surface area contributed by atoms with Crippen molar-refractivity contribution < 1.29 is 9.90 Å². The maximum atomic E-state index is 10.8. The quantitative estimate of drug-likeness (QED) is 0.723. The summed E-state index contributed by atoms with van der Waals surface area (Å²) in [6.07, 6.45) is 7.19. The van der Waals surface area contributed by atoms with Crippen molar-refractivity contribution in [1.29, 1.82) is 0 Å². The summed E-state index contributed by atoms with van der Waals surface area (Å²) in [5.41, 5.74) is 5.32. The maximum Gasteiger partial charge on any atom is 0.328 e. The summed E-state index contributed by atoms with van der Waals surface area (Å²) in [7, 11) is 0. The van der Waals surface area contributed by atoms with Crippen LogP contribution in [-0.2, 0) is 11.2 Å². The number of carboxylic acid groups (broad SMARTS) is 1. The molecule has 22 heavy (non-hydrogen) atoms. The Morgan fingerprint density at radius 1 is 1.32 bits per heavy atom. The van der Waals surface area contributed by atoms with Crippen LogP contribution >= 0.6 is 0 Å². The lowest BCUT2D eigenvalue weighted by atomic mass is 9.99. The second kappa shape index (κ2) is 5.85. The lowest BCUT2D eigenvalue weighted by Gasteiger charge is -2.04. The number of hydrogen-bond donors (Lipinski definition) is 2. The van der Waals surface area contributed by atoms with E-state index in [1.165, 1.54) is 11.6 Å². The van der Waals surface area contributed by atoms with Crippen LogP contribution in [-0.4, -0.2) is 21.0 Å². The topological polar surface area (TPSA) is 66.0 Å². The van der Waals surface area contributed by atoms with Gasteiger partial charge in [0.2, 0.25) is 0 Å². The van der Waals surface area contributed by atoms with Gasteiger partial charge in [-0.2, -0.15) is 0 Å². The van der Waals surface area contributed by atoms with E-state index in [0.29, 0.717) is 0 Å². The molecule has 0 saturated carbocycles. The van der Waals surface area contributed by atoms with Gasteiger partial charge in [-0.3, -0.25) is 4.98 Å². The average Bonchev–Trinajstić information content (AvgIpc) is 2.83. The Balaban J connectivity index is 2.12. The molecule has 0 radical (unpaired) electrons. The molecule has 0 spiro atoms. The molecular formula is C18H16N2O2. The Labute approximate surface area is 128 Å². The standard InChI is InChI=1S/C18H16N2O2/c1-12-15(10-13-4-3-9-19-11-13)18-14(7-8-17(21)22)5-2-6-16(18)20-12/h2-9,11,20H,10H2,1H3,(H,21,22)/b8-7+. The van der Waals surface area contributed by atoms with Crippen molar-refractivity contribution in [3.63, 3.8) is 0 Å². The van der Waals surface area contributed by atoms with Gasteiger partial charge in [0.05, 0.1) is 0 Å². The predicted molar refractivity (Wildman–Crippen MR) is 86.7 cm³/mol. The Hall–Kier alpha value is -2.88. The molecule has 2 N–H and O–H groups in total. The Kier molecular flexibility index (Phi) is 3.74. The molecule has 4 nitrogen and oxygen atoms in total. The summed E-state index contributed by atoms with van der Waals surface area (Å²) in [6.45, 7) is 2.04. The summed E-state index contributed by atoms with van der Waals surface area (Å²) in [5.74, 6) is -0.946. The first kappa shape index (κ1) is 14.1. The van der Waals surface area contributed by atoms with Crippen LogP contribution in [0.25, 0.3) is 17.0 Å². The van der Waals surface area contributed by atoms with Crippen molar-refractivity contribution in [3.05, 3.63) is 71.2 Å². The molecule has 0 amide bonds. The number of H-pyrrole nitrogens is 1. The van der Waals surface area contributed by atoms with E-state index in [-0.39, 0.29) is 0 Å². The van der Waals surface area contributed by atoms with Gasteiger partial charge in [0, 0.05) is 41.5 Å². The van der Waals surface area contributed by atoms with Gasteiger partial charge in [0.1, 0.15) is 0 Å². The number of nitrogens with one attached hydrogen (secondary N) is 1. The van der Waals surface area contributed by atoms with Crippen molar-refractivity contribution in [2.24, 2.45) is 0 Å². The van der Waals surface area contributed by atoms with Gasteiger partial charge in [-0.15, -0.1) is 0 Å². The number of carbonyl (C=O) groups is 1.